The lowest BCUT2D eigenvalue weighted by Crippen LogP contribution is -2.32. The van der Waals surface area contributed by atoms with Gasteiger partial charge in [0.05, 0.1) is 0 Å². The number of hydrogen-bond acceptors (Lipinski definition) is 2. The highest BCUT2D eigenvalue weighted by Crippen LogP contribution is 2.30. The fourth-order valence-corrected chi connectivity index (χ4v) is 3.31. The Morgan fingerprint density at radius 3 is 2.82 bits per heavy atom. The number of carbonyl (C=O) groups is 1. The number of para-hydroxylation sites is 1. The summed E-state index contributed by atoms with van der Waals surface area (Å²) in [6.45, 7) is 0.370. The molecule has 2 amide bonds. The first kappa shape index (κ1) is 17.7. The summed E-state index contributed by atoms with van der Waals surface area (Å²) in [7, 11) is 0. The van der Waals surface area contributed by atoms with Crippen LogP contribution < -0.4 is 10.6 Å². The van der Waals surface area contributed by atoms with E-state index in [0.717, 1.165) is 22.0 Å². The number of carbonyl (C=O) groups excluding carboxylic acids is 1. The fraction of sp³-hybridized carbons (Fsp3) is 0.0909. The Balaban J connectivity index is 1.56. The fourth-order valence-electron chi connectivity index (χ4n) is 3.31. The molecule has 5 nitrogen and oxygen atoms in total. The van der Waals surface area contributed by atoms with E-state index in [-0.39, 0.29) is 11.9 Å². The molecule has 4 rings (SSSR count). The quantitative estimate of drug-likeness (QED) is 0.476. The molecule has 2 heterocycles. The third-order valence-corrected chi connectivity index (χ3v) is 4.63. The standard InChI is InChI=1S/C22H19FN4O/c23-16-6-3-7-17(11-16)27-22(28)26-13-19(15-5-4-10-24-12-15)20-14-25-21-9-2-1-8-18(20)21/h1-12,14,19,25H,13H2,(H2,26,27,28). The van der Waals surface area contributed by atoms with Gasteiger partial charge in [-0.1, -0.05) is 30.3 Å². The van der Waals surface area contributed by atoms with Crippen molar-refractivity contribution in [2.24, 2.45) is 0 Å². The number of pyridine rings is 1. The van der Waals surface area contributed by atoms with Crippen LogP contribution in [0.5, 0.6) is 0 Å². The van der Waals surface area contributed by atoms with E-state index >= 15 is 0 Å². The van der Waals surface area contributed by atoms with Crippen LogP contribution in [0.15, 0.2) is 79.3 Å². The second-order valence-electron chi connectivity index (χ2n) is 6.47. The van der Waals surface area contributed by atoms with Crippen LogP contribution in [0.2, 0.25) is 0 Å². The minimum Gasteiger partial charge on any atom is -0.361 e. The number of urea groups is 1. The average Bonchev–Trinajstić information content (AvgIpc) is 3.13. The molecule has 0 aliphatic rings. The van der Waals surface area contributed by atoms with Crippen LogP contribution in [0.3, 0.4) is 0 Å². The lowest BCUT2D eigenvalue weighted by molar-refractivity contribution is 0.252. The van der Waals surface area contributed by atoms with Gasteiger partial charge in [-0.2, -0.15) is 0 Å². The highest BCUT2D eigenvalue weighted by Gasteiger charge is 2.19. The van der Waals surface area contributed by atoms with E-state index in [9.17, 15) is 9.18 Å². The van der Waals surface area contributed by atoms with Crippen molar-refractivity contribution in [2.45, 2.75) is 5.92 Å². The van der Waals surface area contributed by atoms with Crippen molar-refractivity contribution in [3.8, 4) is 0 Å². The first-order valence-corrected chi connectivity index (χ1v) is 8.97. The zero-order valence-electron chi connectivity index (χ0n) is 15.0. The number of aromatic nitrogens is 2. The summed E-state index contributed by atoms with van der Waals surface area (Å²) in [5.74, 6) is -0.479. The van der Waals surface area contributed by atoms with Crippen molar-refractivity contribution >= 4 is 22.6 Å². The highest BCUT2D eigenvalue weighted by molar-refractivity contribution is 5.89. The van der Waals surface area contributed by atoms with Gasteiger partial charge in [-0.25, -0.2) is 9.18 Å². The number of hydrogen-bond donors (Lipinski definition) is 3. The third-order valence-electron chi connectivity index (χ3n) is 4.63. The number of H-pyrrole nitrogens is 1. The molecule has 0 saturated heterocycles. The molecule has 0 radical (unpaired) electrons. The Bertz CT molecular complexity index is 1090. The van der Waals surface area contributed by atoms with Crippen LogP contribution in [0.1, 0.15) is 17.0 Å². The van der Waals surface area contributed by atoms with Crippen LogP contribution in [0.25, 0.3) is 10.9 Å². The largest absolute Gasteiger partial charge is 0.361 e. The summed E-state index contributed by atoms with van der Waals surface area (Å²) in [6.07, 6.45) is 5.49. The molecule has 2 aromatic heterocycles. The molecule has 0 bridgehead atoms. The van der Waals surface area contributed by atoms with Gasteiger partial charge in [0.25, 0.3) is 0 Å². The molecule has 2 aromatic carbocycles. The van der Waals surface area contributed by atoms with Gasteiger partial charge in [0.2, 0.25) is 0 Å². The van der Waals surface area contributed by atoms with Crippen LogP contribution >= 0.6 is 0 Å². The SMILES string of the molecule is O=C(NCC(c1cccnc1)c1c[nH]c2ccccc12)Nc1cccc(F)c1. The Morgan fingerprint density at radius 1 is 1.11 bits per heavy atom. The Labute approximate surface area is 161 Å². The second-order valence-corrected chi connectivity index (χ2v) is 6.47. The number of halogens is 1. The molecule has 1 unspecified atom stereocenters. The van der Waals surface area contributed by atoms with Crippen molar-refractivity contribution < 1.29 is 9.18 Å². The zero-order valence-corrected chi connectivity index (χ0v) is 15.0. The minimum absolute atomic E-state index is 0.0805. The second kappa shape index (κ2) is 7.92. The average molecular weight is 374 g/mol. The van der Waals surface area contributed by atoms with Crippen LogP contribution in [0, 0.1) is 5.82 Å². The van der Waals surface area contributed by atoms with Gasteiger partial charge < -0.3 is 15.6 Å². The molecule has 1 atom stereocenters. The van der Waals surface area contributed by atoms with Gasteiger partial charge in [0.1, 0.15) is 5.82 Å². The van der Waals surface area contributed by atoms with Crippen molar-refractivity contribution in [2.75, 3.05) is 11.9 Å². The van der Waals surface area contributed by atoms with Gasteiger partial charge in [-0.3, -0.25) is 4.98 Å². The van der Waals surface area contributed by atoms with E-state index in [1.165, 1.54) is 12.1 Å². The molecule has 0 spiro atoms. The number of nitrogens with one attached hydrogen (secondary N) is 3. The lowest BCUT2D eigenvalue weighted by Gasteiger charge is -2.18. The molecule has 0 aliphatic carbocycles. The molecule has 0 aliphatic heterocycles. The molecule has 0 fully saturated rings. The summed E-state index contributed by atoms with van der Waals surface area (Å²) >= 11 is 0. The summed E-state index contributed by atoms with van der Waals surface area (Å²) in [5, 5.41) is 6.65. The number of benzene rings is 2. The zero-order chi connectivity index (χ0) is 19.3. The third kappa shape index (κ3) is 3.86. The maximum absolute atomic E-state index is 13.3. The predicted octanol–water partition coefficient (Wildman–Crippen LogP) is 4.66. The topological polar surface area (TPSA) is 69.8 Å². The number of amides is 2. The van der Waals surface area contributed by atoms with Crippen LogP contribution in [-0.2, 0) is 0 Å². The minimum atomic E-state index is -0.398. The number of anilines is 1. The number of rotatable bonds is 5. The highest BCUT2D eigenvalue weighted by atomic mass is 19.1. The van der Waals surface area contributed by atoms with Gasteiger partial charge in [-0.05, 0) is 41.5 Å². The van der Waals surface area contributed by atoms with E-state index in [0.29, 0.717) is 12.2 Å². The number of fused-ring (bicyclic) bond motifs is 1. The normalized spacial score (nSPS) is 11.9. The Morgan fingerprint density at radius 2 is 2.00 bits per heavy atom. The monoisotopic (exact) mass is 374 g/mol. The number of nitrogens with zero attached hydrogens (tertiary/aromatic N) is 1. The van der Waals surface area contributed by atoms with Gasteiger partial charge >= 0.3 is 6.03 Å². The van der Waals surface area contributed by atoms with Crippen molar-refractivity contribution in [1.82, 2.24) is 15.3 Å². The predicted molar refractivity (Wildman–Crippen MR) is 108 cm³/mol. The van der Waals surface area contributed by atoms with E-state index < -0.39 is 5.82 Å². The first-order valence-electron chi connectivity index (χ1n) is 8.97. The lowest BCUT2D eigenvalue weighted by atomic mass is 9.92. The summed E-state index contributed by atoms with van der Waals surface area (Å²) in [5.41, 5.74) is 3.52. The molecule has 4 aromatic rings. The van der Waals surface area contributed by atoms with E-state index in [4.69, 9.17) is 0 Å². The van der Waals surface area contributed by atoms with Gasteiger partial charge in [0, 0.05) is 47.6 Å². The van der Waals surface area contributed by atoms with E-state index in [1.54, 1.807) is 24.5 Å². The smallest absolute Gasteiger partial charge is 0.319 e. The summed E-state index contributed by atoms with van der Waals surface area (Å²) in [6, 6.07) is 17.3. The maximum atomic E-state index is 13.3. The Kier molecular flexibility index (Phi) is 5.01. The van der Waals surface area contributed by atoms with E-state index in [2.05, 4.69) is 26.7 Å². The molecular weight excluding hydrogens is 355 g/mol. The molecule has 0 saturated carbocycles. The molecule has 140 valence electrons. The van der Waals surface area contributed by atoms with Crippen molar-refractivity contribution in [1.29, 1.82) is 0 Å². The van der Waals surface area contributed by atoms with Crippen LogP contribution in [-0.4, -0.2) is 22.5 Å². The van der Waals surface area contributed by atoms with Crippen molar-refractivity contribution in [3.05, 3.63) is 96.2 Å². The first-order chi connectivity index (χ1) is 13.7. The number of aromatic amines is 1. The molecule has 28 heavy (non-hydrogen) atoms. The summed E-state index contributed by atoms with van der Waals surface area (Å²) in [4.78, 5) is 19.8. The Hall–Kier alpha value is -3.67. The van der Waals surface area contributed by atoms with Gasteiger partial charge in [-0.15, -0.1) is 0 Å². The van der Waals surface area contributed by atoms with E-state index in [1.807, 2.05) is 36.5 Å². The molecule has 3 N–H and O–H groups in total. The maximum Gasteiger partial charge on any atom is 0.319 e. The molecule has 6 heteroatoms. The molecular formula is C22H19FN4O. The van der Waals surface area contributed by atoms with Crippen molar-refractivity contribution in [3.63, 3.8) is 0 Å². The van der Waals surface area contributed by atoms with Crippen LogP contribution in [0.4, 0.5) is 14.9 Å². The summed E-state index contributed by atoms with van der Waals surface area (Å²) < 4.78 is 13.3. The van der Waals surface area contributed by atoms with Gasteiger partial charge in [0.15, 0.2) is 0 Å².